The monoisotopic (exact) mass is 406 g/mol. The van der Waals surface area contributed by atoms with Gasteiger partial charge in [-0.2, -0.15) is 0 Å². The van der Waals surface area contributed by atoms with Crippen LogP contribution in [0.5, 0.6) is 11.5 Å². The fourth-order valence-corrected chi connectivity index (χ4v) is 3.74. The number of fused-ring (bicyclic) bond motifs is 1. The number of halogens is 2. The van der Waals surface area contributed by atoms with Gasteiger partial charge in [0.05, 0.1) is 10.0 Å². The largest absolute Gasteiger partial charge is 0.454 e. The molecule has 4 rings (SSSR count). The minimum absolute atomic E-state index is 0.169. The number of anilines is 1. The minimum atomic E-state index is -0.259. The Bertz CT molecular complexity index is 990. The molecule has 1 aliphatic rings. The van der Waals surface area contributed by atoms with Gasteiger partial charge in [-0.05, 0) is 29.8 Å². The Labute approximate surface area is 163 Å². The molecule has 0 bridgehead atoms. The second kappa shape index (κ2) is 7.15. The van der Waals surface area contributed by atoms with Crippen molar-refractivity contribution < 1.29 is 14.3 Å². The van der Waals surface area contributed by atoms with Crippen LogP contribution in [0, 0.1) is 0 Å². The molecule has 0 saturated heterocycles. The summed E-state index contributed by atoms with van der Waals surface area (Å²) in [6.07, 6.45) is 2.31. The number of hydrogen-bond donors (Lipinski definition) is 1. The summed E-state index contributed by atoms with van der Waals surface area (Å²) >= 11 is 13.7. The molecule has 2 aromatic carbocycles. The Balaban J connectivity index is 1.46. The Morgan fingerprint density at radius 3 is 2.92 bits per heavy atom. The molecule has 0 saturated carbocycles. The summed E-state index contributed by atoms with van der Waals surface area (Å²) in [5.41, 5.74) is 1.39. The van der Waals surface area contributed by atoms with Gasteiger partial charge in [0, 0.05) is 23.1 Å². The number of hydrogen-bond acceptors (Lipinski definition) is 5. The zero-order valence-electron chi connectivity index (χ0n) is 13.3. The lowest BCUT2D eigenvalue weighted by Crippen LogP contribution is -2.11. The molecular formula is C18H12Cl2N2O3S. The average Bonchev–Trinajstić information content (AvgIpc) is 3.27. The van der Waals surface area contributed by atoms with Crippen LogP contribution in [0.3, 0.4) is 0 Å². The number of amides is 1. The number of nitrogens with zero attached hydrogens (tertiary/aromatic N) is 1. The lowest BCUT2D eigenvalue weighted by atomic mass is 10.1. The molecule has 1 amide bonds. The topological polar surface area (TPSA) is 60.5 Å². The Morgan fingerprint density at radius 1 is 1.19 bits per heavy atom. The van der Waals surface area contributed by atoms with Crippen LogP contribution in [0.1, 0.15) is 20.8 Å². The quantitative estimate of drug-likeness (QED) is 0.660. The summed E-state index contributed by atoms with van der Waals surface area (Å²) < 4.78 is 10.5. The van der Waals surface area contributed by atoms with Crippen LogP contribution in [-0.4, -0.2) is 17.7 Å². The van der Waals surface area contributed by atoms with Crippen LogP contribution < -0.4 is 14.8 Å². The maximum absolute atomic E-state index is 12.4. The fourth-order valence-electron chi connectivity index (χ4n) is 2.53. The van der Waals surface area contributed by atoms with Gasteiger partial charge in [0.15, 0.2) is 16.6 Å². The summed E-state index contributed by atoms with van der Waals surface area (Å²) in [6.45, 7) is 0.169. The minimum Gasteiger partial charge on any atom is -0.454 e. The van der Waals surface area contributed by atoms with E-state index in [0.29, 0.717) is 38.7 Å². The van der Waals surface area contributed by atoms with Crippen molar-refractivity contribution >= 4 is 45.6 Å². The molecular weight excluding hydrogens is 395 g/mol. The second-order valence-corrected chi connectivity index (χ2v) is 7.44. The molecule has 0 radical (unpaired) electrons. The van der Waals surface area contributed by atoms with Gasteiger partial charge in [0.25, 0.3) is 5.91 Å². The van der Waals surface area contributed by atoms with Gasteiger partial charge in [-0.15, -0.1) is 11.3 Å². The van der Waals surface area contributed by atoms with E-state index in [9.17, 15) is 4.79 Å². The van der Waals surface area contributed by atoms with E-state index in [1.165, 1.54) is 11.3 Å². The highest BCUT2D eigenvalue weighted by molar-refractivity contribution is 7.15. The van der Waals surface area contributed by atoms with Crippen LogP contribution in [0.2, 0.25) is 10.0 Å². The van der Waals surface area contributed by atoms with E-state index in [4.69, 9.17) is 32.7 Å². The molecule has 8 heteroatoms. The average molecular weight is 407 g/mol. The van der Waals surface area contributed by atoms with Crippen molar-refractivity contribution in [1.29, 1.82) is 0 Å². The standard InChI is InChI=1S/C18H12Cl2N2O3S/c19-13-3-1-2-10(16(13)20)6-12-8-21-18(26-12)22-17(23)11-4-5-14-15(7-11)25-9-24-14/h1-5,7-8H,6,9H2,(H,21,22,23). The molecule has 1 N–H and O–H groups in total. The molecule has 26 heavy (non-hydrogen) atoms. The molecule has 132 valence electrons. The maximum Gasteiger partial charge on any atom is 0.257 e. The molecule has 3 aromatic rings. The van der Waals surface area contributed by atoms with Crippen LogP contribution in [0.15, 0.2) is 42.6 Å². The second-order valence-electron chi connectivity index (χ2n) is 5.54. The number of aromatic nitrogens is 1. The van der Waals surface area contributed by atoms with Gasteiger partial charge < -0.3 is 9.47 Å². The van der Waals surface area contributed by atoms with E-state index in [-0.39, 0.29) is 12.7 Å². The molecule has 1 aromatic heterocycles. The molecule has 0 atom stereocenters. The fraction of sp³-hybridized carbons (Fsp3) is 0.111. The zero-order chi connectivity index (χ0) is 18.1. The summed E-state index contributed by atoms with van der Waals surface area (Å²) in [5.74, 6) is 0.939. The van der Waals surface area contributed by atoms with Crippen molar-refractivity contribution in [3.63, 3.8) is 0 Å². The predicted octanol–water partition coefficient (Wildman–Crippen LogP) is 5.02. The first-order valence-electron chi connectivity index (χ1n) is 7.69. The van der Waals surface area contributed by atoms with E-state index >= 15 is 0 Å². The van der Waals surface area contributed by atoms with Crippen molar-refractivity contribution in [2.75, 3.05) is 12.1 Å². The van der Waals surface area contributed by atoms with Crippen molar-refractivity contribution in [3.05, 3.63) is 68.6 Å². The maximum atomic E-state index is 12.4. The first kappa shape index (κ1) is 17.1. The Kier molecular flexibility index (Phi) is 4.72. The highest BCUT2D eigenvalue weighted by Gasteiger charge is 2.17. The summed E-state index contributed by atoms with van der Waals surface area (Å²) in [6, 6.07) is 10.6. The van der Waals surface area contributed by atoms with Crippen LogP contribution in [0.4, 0.5) is 5.13 Å². The zero-order valence-corrected chi connectivity index (χ0v) is 15.6. The van der Waals surface area contributed by atoms with Gasteiger partial charge in [-0.1, -0.05) is 35.3 Å². The van der Waals surface area contributed by atoms with Gasteiger partial charge in [0.2, 0.25) is 6.79 Å². The number of benzene rings is 2. The van der Waals surface area contributed by atoms with Gasteiger partial charge in [-0.3, -0.25) is 10.1 Å². The number of ether oxygens (including phenoxy) is 2. The smallest absolute Gasteiger partial charge is 0.257 e. The van der Waals surface area contributed by atoms with Crippen molar-refractivity contribution in [2.24, 2.45) is 0 Å². The number of nitrogens with one attached hydrogen (secondary N) is 1. The van der Waals surface area contributed by atoms with Gasteiger partial charge in [0.1, 0.15) is 0 Å². The van der Waals surface area contributed by atoms with E-state index in [1.54, 1.807) is 30.5 Å². The number of rotatable bonds is 4. The molecule has 2 heterocycles. The normalized spacial score (nSPS) is 12.2. The van der Waals surface area contributed by atoms with E-state index in [0.717, 1.165) is 10.4 Å². The first-order valence-corrected chi connectivity index (χ1v) is 9.26. The van der Waals surface area contributed by atoms with Gasteiger partial charge >= 0.3 is 0 Å². The first-order chi connectivity index (χ1) is 12.6. The van der Waals surface area contributed by atoms with Gasteiger partial charge in [-0.25, -0.2) is 4.98 Å². The predicted molar refractivity (Wildman–Crippen MR) is 102 cm³/mol. The lowest BCUT2D eigenvalue weighted by Gasteiger charge is -2.04. The third-order valence-electron chi connectivity index (χ3n) is 3.81. The summed E-state index contributed by atoms with van der Waals surface area (Å²) in [5, 5.41) is 4.36. The lowest BCUT2D eigenvalue weighted by molar-refractivity contribution is 0.102. The third-order valence-corrected chi connectivity index (χ3v) is 5.58. The highest BCUT2D eigenvalue weighted by atomic mass is 35.5. The Morgan fingerprint density at radius 2 is 2.04 bits per heavy atom. The van der Waals surface area contributed by atoms with Crippen LogP contribution in [0.25, 0.3) is 0 Å². The molecule has 0 fully saturated rings. The third kappa shape index (κ3) is 3.49. The summed E-state index contributed by atoms with van der Waals surface area (Å²) in [7, 11) is 0. The number of carbonyl (C=O) groups excluding carboxylic acids is 1. The van der Waals surface area contributed by atoms with E-state index < -0.39 is 0 Å². The molecule has 0 unspecified atom stereocenters. The number of thiazole rings is 1. The summed E-state index contributed by atoms with van der Waals surface area (Å²) in [4.78, 5) is 17.6. The number of carbonyl (C=O) groups is 1. The van der Waals surface area contributed by atoms with E-state index in [2.05, 4.69) is 10.3 Å². The Hall–Kier alpha value is -2.28. The molecule has 0 aliphatic carbocycles. The van der Waals surface area contributed by atoms with Crippen LogP contribution in [-0.2, 0) is 6.42 Å². The highest BCUT2D eigenvalue weighted by Crippen LogP contribution is 2.33. The van der Waals surface area contributed by atoms with Crippen molar-refractivity contribution in [3.8, 4) is 11.5 Å². The SMILES string of the molecule is O=C(Nc1ncc(Cc2cccc(Cl)c2Cl)s1)c1ccc2c(c1)OCO2. The van der Waals surface area contributed by atoms with E-state index in [1.807, 2.05) is 12.1 Å². The van der Waals surface area contributed by atoms with Crippen LogP contribution >= 0.6 is 34.5 Å². The molecule has 1 aliphatic heterocycles. The van der Waals surface area contributed by atoms with Crippen molar-refractivity contribution in [2.45, 2.75) is 6.42 Å². The molecule has 0 spiro atoms. The molecule has 5 nitrogen and oxygen atoms in total. The van der Waals surface area contributed by atoms with Crippen molar-refractivity contribution in [1.82, 2.24) is 4.98 Å².